The van der Waals surface area contributed by atoms with Crippen LogP contribution in [0.15, 0.2) is 72.0 Å². The minimum atomic E-state index is -0.0409. The molecule has 0 aliphatic carbocycles. The Morgan fingerprint density at radius 2 is 1.86 bits per heavy atom. The molecule has 4 rings (SSSR count). The van der Waals surface area contributed by atoms with Crippen LogP contribution in [0.2, 0.25) is 10.0 Å². The van der Waals surface area contributed by atoms with E-state index in [0.717, 1.165) is 28.3 Å². The second-order valence-electron chi connectivity index (χ2n) is 6.52. The second kappa shape index (κ2) is 8.63. The largest absolute Gasteiger partial charge is 0.489 e. The van der Waals surface area contributed by atoms with Crippen molar-refractivity contribution in [3.63, 3.8) is 0 Å². The summed E-state index contributed by atoms with van der Waals surface area (Å²) in [6.07, 6.45) is 3.13. The summed E-state index contributed by atoms with van der Waals surface area (Å²) in [7, 11) is 0. The molecule has 4 nitrogen and oxygen atoms in total. The first-order chi connectivity index (χ1) is 13.7. The summed E-state index contributed by atoms with van der Waals surface area (Å²) in [5.74, 6) is 0.809. The summed E-state index contributed by atoms with van der Waals surface area (Å²) in [5, 5.41) is 5.41. The van der Waals surface area contributed by atoms with Gasteiger partial charge in [0, 0.05) is 34.6 Å². The van der Waals surface area contributed by atoms with E-state index < -0.39 is 0 Å². The number of para-hydroxylation sites is 1. The van der Waals surface area contributed by atoms with Crippen LogP contribution in [0.25, 0.3) is 0 Å². The van der Waals surface area contributed by atoms with Crippen LogP contribution in [0, 0.1) is 0 Å². The van der Waals surface area contributed by atoms with Crippen molar-refractivity contribution in [2.75, 3.05) is 0 Å². The predicted octanol–water partition coefficient (Wildman–Crippen LogP) is 5.70. The van der Waals surface area contributed by atoms with Gasteiger partial charge in [-0.25, -0.2) is 0 Å². The predicted molar refractivity (Wildman–Crippen MR) is 111 cm³/mol. The van der Waals surface area contributed by atoms with Crippen molar-refractivity contribution in [2.24, 2.45) is 5.16 Å². The Hall–Kier alpha value is -2.56. The average molecular weight is 413 g/mol. The molecular weight excluding hydrogens is 395 g/mol. The van der Waals surface area contributed by atoms with Gasteiger partial charge in [-0.2, -0.15) is 0 Å². The van der Waals surface area contributed by atoms with Crippen molar-refractivity contribution in [3.05, 3.63) is 93.7 Å². The highest BCUT2D eigenvalue weighted by atomic mass is 35.5. The molecule has 0 N–H and O–H groups in total. The van der Waals surface area contributed by atoms with E-state index in [1.54, 1.807) is 18.3 Å². The molecule has 142 valence electrons. The number of rotatable bonds is 6. The fourth-order valence-corrected chi connectivity index (χ4v) is 3.54. The summed E-state index contributed by atoms with van der Waals surface area (Å²) in [4.78, 5) is 9.97. The van der Waals surface area contributed by atoms with Crippen LogP contribution >= 0.6 is 23.2 Å². The quantitative estimate of drug-likeness (QED) is 0.521. The van der Waals surface area contributed by atoms with Crippen LogP contribution < -0.4 is 4.74 Å². The smallest absolute Gasteiger partial charge is 0.137 e. The molecule has 0 bridgehead atoms. The Bertz CT molecular complexity index is 993. The average Bonchev–Trinajstić information content (AvgIpc) is 3.18. The Morgan fingerprint density at radius 3 is 2.68 bits per heavy atom. The maximum atomic E-state index is 6.24. The first kappa shape index (κ1) is 18.8. The molecule has 3 aromatic rings. The van der Waals surface area contributed by atoms with E-state index in [1.807, 2.05) is 48.5 Å². The van der Waals surface area contributed by atoms with Gasteiger partial charge >= 0.3 is 0 Å². The molecule has 0 radical (unpaired) electrons. The summed E-state index contributed by atoms with van der Waals surface area (Å²) >= 11 is 12.2. The molecule has 0 unspecified atom stereocenters. The second-order valence-corrected chi connectivity index (χ2v) is 7.36. The Labute approximate surface area is 173 Å². The van der Waals surface area contributed by atoms with Gasteiger partial charge in [0.05, 0.1) is 5.69 Å². The minimum Gasteiger partial charge on any atom is -0.489 e. The van der Waals surface area contributed by atoms with Crippen LogP contribution in [0.3, 0.4) is 0 Å². The molecule has 6 heteroatoms. The lowest BCUT2D eigenvalue weighted by Gasteiger charge is -2.14. The van der Waals surface area contributed by atoms with Gasteiger partial charge < -0.3 is 9.57 Å². The van der Waals surface area contributed by atoms with Crippen molar-refractivity contribution in [3.8, 4) is 5.75 Å². The summed E-state index contributed by atoms with van der Waals surface area (Å²) in [6, 6.07) is 19.1. The first-order valence-electron chi connectivity index (χ1n) is 8.98. The Balaban J connectivity index is 1.41. The van der Waals surface area contributed by atoms with Crippen LogP contribution in [0.4, 0.5) is 0 Å². The number of ether oxygens (including phenoxy) is 1. The Kier molecular flexibility index (Phi) is 5.79. The van der Waals surface area contributed by atoms with E-state index in [2.05, 4.69) is 10.1 Å². The molecule has 0 fully saturated rings. The first-order valence-corrected chi connectivity index (χ1v) is 9.73. The molecule has 1 atom stereocenters. The Morgan fingerprint density at radius 1 is 1.00 bits per heavy atom. The number of oxime groups is 1. The number of halogens is 2. The van der Waals surface area contributed by atoms with Crippen LogP contribution in [-0.2, 0) is 17.9 Å². The number of nitrogens with zero attached hydrogens (tertiary/aromatic N) is 2. The van der Waals surface area contributed by atoms with Crippen LogP contribution in [-0.4, -0.2) is 16.8 Å². The molecular formula is C22H18Cl2N2O2. The van der Waals surface area contributed by atoms with Gasteiger partial charge in [-0.1, -0.05) is 58.7 Å². The zero-order valence-electron chi connectivity index (χ0n) is 15.0. The van der Waals surface area contributed by atoms with Crippen molar-refractivity contribution >= 4 is 28.9 Å². The molecule has 2 heterocycles. The van der Waals surface area contributed by atoms with Crippen LogP contribution in [0.5, 0.6) is 5.75 Å². The normalized spacial score (nSPS) is 15.8. The fraction of sp³-hybridized carbons (Fsp3) is 0.182. The van der Waals surface area contributed by atoms with E-state index in [4.69, 9.17) is 32.8 Å². The van der Waals surface area contributed by atoms with Gasteiger partial charge in [-0.05, 0) is 35.9 Å². The minimum absolute atomic E-state index is 0.0409. The lowest BCUT2D eigenvalue weighted by Crippen LogP contribution is -2.13. The van der Waals surface area contributed by atoms with Crippen molar-refractivity contribution in [2.45, 2.75) is 25.6 Å². The third-order valence-corrected chi connectivity index (χ3v) is 5.10. The molecule has 0 spiro atoms. The van der Waals surface area contributed by atoms with Gasteiger partial charge in [0.1, 0.15) is 24.2 Å². The maximum Gasteiger partial charge on any atom is 0.137 e. The van der Waals surface area contributed by atoms with E-state index in [-0.39, 0.29) is 6.10 Å². The third kappa shape index (κ3) is 4.46. The highest BCUT2D eigenvalue weighted by Gasteiger charge is 2.24. The van der Waals surface area contributed by atoms with Crippen molar-refractivity contribution < 1.29 is 9.57 Å². The lowest BCUT2D eigenvalue weighted by molar-refractivity contribution is 0.0852. The summed E-state index contributed by atoms with van der Waals surface area (Å²) in [6.45, 7) is 0.369. The standard InChI is InChI=1S/C22H18Cl2N2O2/c23-17-9-8-16(19(24)12-17)14-27-22-7-2-1-5-15(22)11-18-13-21(26-28-18)20-6-3-4-10-25-20/h1-10,12,18H,11,13-14H2/t18-/m1/s1. The molecule has 28 heavy (non-hydrogen) atoms. The molecule has 0 saturated carbocycles. The molecule has 1 aliphatic rings. The number of benzene rings is 2. The third-order valence-electron chi connectivity index (χ3n) is 4.51. The molecule has 1 aliphatic heterocycles. The maximum absolute atomic E-state index is 6.24. The molecule has 0 amide bonds. The number of pyridine rings is 1. The van der Waals surface area contributed by atoms with E-state index in [9.17, 15) is 0 Å². The van der Waals surface area contributed by atoms with Gasteiger partial charge in [-0.3, -0.25) is 4.98 Å². The highest BCUT2D eigenvalue weighted by Crippen LogP contribution is 2.27. The fourth-order valence-electron chi connectivity index (χ4n) is 3.08. The van der Waals surface area contributed by atoms with E-state index in [1.165, 1.54) is 0 Å². The van der Waals surface area contributed by atoms with Gasteiger partial charge in [0.2, 0.25) is 0 Å². The van der Waals surface area contributed by atoms with E-state index >= 15 is 0 Å². The molecule has 0 saturated heterocycles. The summed E-state index contributed by atoms with van der Waals surface area (Å²) in [5.41, 5.74) is 3.68. The monoisotopic (exact) mass is 412 g/mol. The zero-order chi connectivity index (χ0) is 19.3. The topological polar surface area (TPSA) is 43.7 Å². The van der Waals surface area contributed by atoms with Crippen molar-refractivity contribution in [1.82, 2.24) is 4.98 Å². The summed E-state index contributed by atoms with van der Waals surface area (Å²) < 4.78 is 6.03. The zero-order valence-corrected chi connectivity index (χ0v) is 16.5. The molecule has 2 aromatic carbocycles. The number of hydrogen-bond donors (Lipinski definition) is 0. The van der Waals surface area contributed by atoms with Gasteiger partial charge in [-0.15, -0.1) is 0 Å². The van der Waals surface area contributed by atoms with Crippen molar-refractivity contribution in [1.29, 1.82) is 0 Å². The van der Waals surface area contributed by atoms with Gasteiger partial charge in [0.25, 0.3) is 0 Å². The van der Waals surface area contributed by atoms with Crippen LogP contribution in [0.1, 0.15) is 23.2 Å². The number of hydrogen-bond acceptors (Lipinski definition) is 4. The van der Waals surface area contributed by atoms with E-state index in [0.29, 0.717) is 29.5 Å². The SMILES string of the molecule is Clc1ccc(COc2ccccc2C[C@@H]2CC(c3ccccn3)=NO2)c(Cl)c1. The van der Waals surface area contributed by atoms with Gasteiger partial charge in [0.15, 0.2) is 0 Å². The number of aromatic nitrogens is 1. The lowest BCUT2D eigenvalue weighted by atomic mass is 10.0. The highest BCUT2D eigenvalue weighted by molar-refractivity contribution is 6.35. The molecule has 1 aromatic heterocycles.